The molecule has 5 nitrogen and oxygen atoms in total. The van der Waals surface area contributed by atoms with E-state index in [0.717, 1.165) is 41.3 Å². The number of rotatable bonds is 7. The highest BCUT2D eigenvalue weighted by molar-refractivity contribution is 7.96. The summed E-state index contributed by atoms with van der Waals surface area (Å²) < 4.78 is 3.11. The van der Waals surface area contributed by atoms with E-state index in [2.05, 4.69) is 48.7 Å². The van der Waals surface area contributed by atoms with E-state index in [4.69, 9.17) is 10.1 Å². The molecule has 0 saturated heterocycles. The molecule has 1 aliphatic rings. The summed E-state index contributed by atoms with van der Waals surface area (Å²) in [5.74, 6) is 0.850. The van der Waals surface area contributed by atoms with Gasteiger partial charge in [-0.25, -0.2) is 0 Å². The van der Waals surface area contributed by atoms with Crippen molar-refractivity contribution in [3.63, 3.8) is 0 Å². The number of nitriles is 1. The number of carbonyl (C=O) groups is 2. The molecule has 0 heterocycles. The van der Waals surface area contributed by atoms with Crippen molar-refractivity contribution in [3.8, 4) is 6.07 Å². The average molecular weight is 540 g/mol. The predicted octanol–water partition coefficient (Wildman–Crippen LogP) is 8.51. The highest BCUT2D eigenvalue weighted by Crippen LogP contribution is 2.32. The smallest absolute Gasteiger partial charge is 0.159 e. The SMILES string of the molecule is C=CCC.C=O.CCCNSC.CNc1cc(C(C)=O)ccc1C.N#Cc1ccc(C2CCCCC2)cc1. The topological polar surface area (TPSA) is 82.0 Å². The molecule has 1 aliphatic carbocycles. The lowest BCUT2D eigenvalue weighted by Gasteiger charge is -2.21. The lowest BCUT2D eigenvalue weighted by molar-refractivity contribution is -0.0980. The first kappa shape index (κ1) is 37.3. The lowest BCUT2D eigenvalue weighted by Crippen LogP contribution is -2.04. The minimum absolute atomic E-state index is 0.103. The van der Waals surface area contributed by atoms with E-state index in [-0.39, 0.29) is 5.78 Å². The molecule has 0 amide bonds. The Balaban J connectivity index is 0. The highest BCUT2D eigenvalue weighted by Gasteiger charge is 2.14. The van der Waals surface area contributed by atoms with Crippen LogP contribution in [0.3, 0.4) is 0 Å². The first-order valence-electron chi connectivity index (χ1n) is 13.3. The van der Waals surface area contributed by atoms with Crippen LogP contribution >= 0.6 is 11.9 Å². The standard InChI is InChI=1S/C13H15N.C10H13NO.C4H11NS.C4H8.CH2O/c14-10-11-6-8-13(9-7-11)12-4-2-1-3-5-12;1-7-4-5-9(8(2)12)6-10(7)11-3;1-3-4-5-6-2;1-3-4-2;1-2/h6-9,12H,1-5H2;4-6,11H,1-3H3;5H,3-4H2,1-2H3;3H,1,4H2,2H3;1H2. The van der Waals surface area contributed by atoms with E-state index in [1.165, 1.54) is 44.1 Å². The fourth-order valence-electron chi connectivity index (χ4n) is 3.58. The molecule has 2 aromatic rings. The van der Waals surface area contributed by atoms with Crippen LogP contribution in [-0.2, 0) is 4.79 Å². The maximum Gasteiger partial charge on any atom is 0.159 e. The number of anilines is 1. The molecule has 1 saturated carbocycles. The van der Waals surface area contributed by atoms with Gasteiger partial charge in [-0.05, 0) is 81.0 Å². The molecular weight excluding hydrogens is 490 g/mol. The van der Waals surface area contributed by atoms with Crippen LogP contribution in [0.25, 0.3) is 0 Å². The van der Waals surface area contributed by atoms with Crippen LogP contribution in [0.2, 0.25) is 0 Å². The van der Waals surface area contributed by atoms with Crippen LogP contribution in [0.1, 0.15) is 98.7 Å². The fraction of sp³-hybridized carbons (Fsp3) is 0.469. The van der Waals surface area contributed by atoms with Gasteiger partial charge in [0.2, 0.25) is 0 Å². The Morgan fingerprint density at radius 3 is 2.08 bits per heavy atom. The van der Waals surface area contributed by atoms with Crippen molar-refractivity contribution in [1.29, 1.82) is 5.26 Å². The summed E-state index contributed by atoms with van der Waals surface area (Å²) in [6.45, 7) is 14.4. The number of hydrogen-bond donors (Lipinski definition) is 2. The summed E-state index contributed by atoms with van der Waals surface area (Å²) in [5.41, 5.74) is 5.11. The van der Waals surface area contributed by atoms with Gasteiger partial charge in [0.05, 0.1) is 11.6 Å². The van der Waals surface area contributed by atoms with Gasteiger partial charge in [0, 0.05) is 24.8 Å². The van der Waals surface area contributed by atoms with Crippen LogP contribution in [0.15, 0.2) is 55.1 Å². The summed E-state index contributed by atoms with van der Waals surface area (Å²) in [6, 6.07) is 15.9. The van der Waals surface area contributed by atoms with Gasteiger partial charge in [0.15, 0.2) is 5.78 Å². The summed E-state index contributed by atoms with van der Waals surface area (Å²) in [7, 11) is 1.85. The Hall–Kier alpha value is -2.88. The van der Waals surface area contributed by atoms with Gasteiger partial charge in [0.25, 0.3) is 0 Å². The summed E-state index contributed by atoms with van der Waals surface area (Å²) >= 11 is 1.68. The maximum atomic E-state index is 11.0. The Morgan fingerprint density at radius 2 is 1.68 bits per heavy atom. The molecule has 0 unspecified atom stereocenters. The second-order valence-corrected chi connectivity index (χ2v) is 9.40. The molecule has 38 heavy (non-hydrogen) atoms. The molecule has 3 rings (SSSR count). The van der Waals surface area contributed by atoms with Crippen LogP contribution in [-0.4, -0.2) is 32.4 Å². The summed E-state index contributed by atoms with van der Waals surface area (Å²) in [4.78, 5) is 19.0. The number of Topliss-reactive ketones (excluding diaryl/α,β-unsaturated/α-hetero) is 1. The average Bonchev–Trinajstić information content (AvgIpc) is 2.98. The molecule has 1 fully saturated rings. The van der Waals surface area contributed by atoms with E-state index < -0.39 is 0 Å². The Kier molecular flexibility index (Phi) is 25.3. The second-order valence-electron chi connectivity index (χ2n) is 8.70. The monoisotopic (exact) mass is 539 g/mol. The van der Waals surface area contributed by atoms with Crippen LogP contribution in [0.5, 0.6) is 0 Å². The van der Waals surface area contributed by atoms with E-state index >= 15 is 0 Å². The zero-order chi connectivity index (χ0) is 29.2. The van der Waals surface area contributed by atoms with Crippen molar-refractivity contribution in [2.45, 2.75) is 78.6 Å². The molecule has 0 bridgehead atoms. The summed E-state index contributed by atoms with van der Waals surface area (Å²) in [6.07, 6.45) is 13.0. The Morgan fingerprint density at radius 1 is 1.11 bits per heavy atom. The van der Waals surface area contributed by atoms with Crippen LogP contribution in [0, 0.1) is 18.3 Å². The first-order valence-corrected chi connectivity index (χ1v) is 14.6. The molecule has 0 spiro atoms. The quantitative estimate of drug-likeness (QED) is 0.159. The normalized spacial score (nSPS) is 11.7. The van der Waals surface area contributed by atoms with Crippen molar-refractivity contribution in [2.75, 3.05) is 25.2 Å². The van der Waals surface area contributed by atoms with Crippen LogP contribution in [0.4, 0.5) is 5.69 Å². The van der Waals surface area contributed by atoms with Crippen LogP contribution < -0.4 is 10.0 Å². The molecule has 2 aromatic carbocycles. The molecule has 0 atom stereocenters. The van der Waals surface area contributed by atoms with Crippen molar-refractivity contribution < 1.29 is 9.59 Å². The van der Waals surface area contributed by atoms with Gasteiger partial charge < -0.3 is 10.1 Å². The fourth-order valence-corrected chi connectivity index (χ4v) is 3.99. The molecule has 0 aliphatic heterocycles. The third-order valence-electron chi connectivity index (χ3n) is 5.81. The number of allylic oxidation sites excluding steroid dienone is 1. The highest BCUT2D eigenvalue weighted by atomic mass is 32.2. The minimum Gasteiger partial charge on any atom is -0.388 e. The van der Waals surface area contributed by atoms with Gasteiger partial charge in [-0.3, -0.25) is 9.52 Å². The Labute approximate surface area is 236 Å². The lowest BCUT2D eigenvalue weighted by atomic mass is 9.84. The Bertz CT molecular complexity index is 913. The molecule has 2 N–H and O–H groups in total. The van der Waals surface area contributed by atoms with Gasteiger partial charge in [-0.15, -0.1) is 6.58 Å². The van der Waals surface area contributed by atoms with Crippen molar-refractivity contribution >= 4 is 30.2 Å². The number of nitrogens with one attached hydrogen (secondary N) is 2. The zero-order valence-electron chi connectivity index (χ0n) is 24.4. The van der Waals surface area contributed by atoms with E-state index in [9.17, 15) is 4.79 Å². The van der Waals surface area contributed by atoms with Gasteiger partial charge in [-0.2, -0.15) is 5.26 Å². The van der Waals surface area contributed by atoms with E-state index in [1.54, 1.807) is 18.9 Å². The van der Waals surface area contributed by atoms with Gasteiger partial charge in [-0.1, -0.05) is 75.4 Å². The molecule has 0 aromatic heterocycles. The number of aryl methyl sites for hydroxylation is 1. The first-order chi connectivity index (χ1) is 18.4. The molecule has 0 radical (unpaired) electrons. The number of nitrogens with zero attached hydrogens (tertiary/aromatic N) is 1. The predicted molar refractivity (Wildman–Crippen MR) is 167 cm³/mol. The van der Waals surface area contributed by atoms with Gasteiger partial charge in [0.1, 0.15) is 6.79 Å². The number of benzene rings is 2. The molecular formula is C32H49N3O2S. The largest absolute Gasteiger partial charge is 0.388 e. The zero-order valence-corrected chi connectivity index (χ0v) is 25.3. The number of carbonyl (C=O) groups excluding carboxylic acids is 2. The van der Waals surface area contributed by atoms with E-state index in [1.807, 2.05) is 63.4 Å². The third kappa shape index (κ3) is 17.6. The second kappa shape index (κ2) is 25.8. The summed E-state index contributed by atoms with van der Waals surface area (Å²) in [5, 5.41) is 11.7. The number of hydrogen-bond acceptors (Lipinski definition) is 6. The molecule has 210 valence electrons. The molecule has 6 heteroatoms. The van der Waals surface area contributed by atoms with Crippen molar-refractivity contribution in [1.82, 2.24) is 4.72 Å². The van der Waals surface area contributed by atoms with Crippen molar-refractivity contribution in [3.05, 3.63) is 77.4 Å². The van der Waals surface area contributed by atoms with E-state index in [0.29, 0.717) is 0 Å². The van der Waals surface area contributed by atoms with Gasteiger partial charge >= 0.3 is 0 Å². The third-order valence-corrected chi connectivity index (χ3v) is 6.31. The van der Waals surface area contributed by atoms with Crippen molar-refractivity contribution in [2.24, 2.45) is 0 Å². The maximum absolute atomic E-state index is 11.0. The number of ketones is 1. The minimum atomic E-state index is 0.103.